The number of amides is 2. The quantitative estimate of drug-likeness (QED) is 0.492. The number of carbonyl (C=O) groups is 2. The summed E-state index contributed by atoms with van der Waals surface area (Å²) in [5, 5.41) is 24.0. The van der Waals surface area contributed by atoms with Gasteiger partial charge in [0, 0.05) is 12.5 Å². The molecule has 3 aromatic rings. The molecule has 1 fully saturated rings. The third-order valence-electron chi connectivity index (χ3n) is 4.21. The van der Waals surface area contributed by atoms with Crippen LogP contribution in [0.4, 0.5) is 5.13 Å². The number of nitrogens with one attached hydrogen (secondary N) is 2. The molecule has 1 aliphatic rings. The van der Waals surface area contributed by atoms with E-state index in [1.807, 2.05) is 11.5 Å². The first kappa shape index (κ1) is 19.6. The minimum atomic E-state index is -0.322. The Labute approximate surface area is 174 Å². The molecule has 10 nitrogen and oxygen atoms in total. The van der Waals surface area contributed by atoms with Gasteiger partial charge in [-0.3, -0.25) is 14.9 Å². The van der Waals surface area contributed by atoms with E-state index in [1.54, 1.807) is 12.1 Å². The Hall–Kier alpha value is -2.73. The maximum atomic E-state index is 12.2. The molecule has 0 aromatic carbocycles. The number of anilines is 1. The summed E-state index contributed by atoms with van der Waals surface area (Å²) in [5.74, 6) is 1.04. The first-order valence-electron chi connectivity index (χ1n) is 9.14. The lowest BCUT2D eigenvalue weighted by Crippen LogP contribution is -2.24. The molecule has 2 N–H and O–H groups in total. The molecule has 0 aliphatic heterocycles. The molecule has 0 bridgehead atoms. The number of rotatable bonds is 9. The Kier molecular flexibility index (Phi) is 5.90. The van der Waals surface area contributed by atoms with E-state index in [0.29, 0.717) is 28.6 Å². The van der Waals surface area contributed by atoms with Crippen molar-refractivity contribution in [1.82, 2.24) is 30.3 Å². The van der Waals surface area contributed by atoms with Crippen LogP contribution in [0.1, 0.15) is 47.1 Å². The van der Waals surface area contributed by atoms with E-state index in [-0.39, 0.29) is 29.9 Å². The molecule has 0 spiro atoms. The Morgan fingerprint density at radius 1 is 1.31 bits per heavy atom. The Bertz CT molecular complexity index is 995. The number of hydrogen-bond donors (Lipinski definition) is 2. The van der Waals surface area contributed by atoms with E-state index in [1.165, 1.54) is 29.4 Å². The van der Waals surface area contributed by atoms with Gasteiger partial charge in [-0.15, -0.1) is 20.4 Å². The van der Waals surface area contributed by atoms with Crippen LogP contribution >= 0.6 is 23.1 Å². The van der Waals surface area contributed by atoms with Crippen molar-refractivity contribution in [3.8, 4) is 0 Å². The lowest BCUT2D eigenvalue weighted by molar-refractivity contribution is -0.113. The minimum Gasteiger partial charge on any atom is -0.459 e. The van der Waals surface area contributed by atoms with Gasteiger partial charge in [0.05, 0.1) is 18.6 Å². The van der Waals surface area contributed by atoms with Crippen molar-refractivity contribution in [3.05, 3.63) is 35.0 Å². The Morgan fingerprint density at radius 3 is 2.90 bits per heavy atom. The molecular weight excluding hydrogens is 414 g/mol. The Morgan fingerprint density at radius 2 is 2.17 bits per heavy atom. The van der Waals surface area contributed by atoms with Gasteiger partial charge in [-0.25, -0.2) is 0 Å². The van der Waals surface area contributed by atoms with E-state index in [0.717, 1.165) is 17.8 Å². The molecular formula is C17H19N7O3S2. The molecule has 3 heterocycles. The van der Waals surface area contributed by atoms with Gasteiger partial charge in [-0.05, 0) is 31.9 Å². The summed E-state index contributed by atoms with van der Waals surface area (Å²) in [6.45, 7) is 2.78. The first-order valence-corrected chi connectivity index (χ1v) is 10.9. The second-order valence-corrected chi connectivity index (χ2v) is 8.31. The van der Waals surface area contributed by atoms with Crippen LogP contribution in [0.15, 0.2) is 28.0 Å². The van der Waals surface area contributed by atoms with E-state index in [2.05, 4.69) is 31.0 Å². The molecule has 4 rings (SSSR count). The van der Waals surface area contributed by atoms with Crippen molar-refractivity contribution >= 4 is 40.0 Å². The van der Waals surface area contributed by atoms with Gasteiger partial charge in [0.2, 0.25) is 11.0 Å². The van der Waals surface area contributed by atoms with Crippen LogP contribution in [0.5, 0.6) is 0 Å². The van der Waals surface area contributed by atoms with Crippen LogP contribution in [-0.4, -0.2) is 42.5 Å². The first-order chi connectivity index (χ1) is 14.1. The zero-order valence-electron chi connectivity index (χ0n) is 15.6. The highest BCUT2D eigenvalue weighted by Crippen LogP contribution is 2.42. The summed E-state index contributed by atoms with van der Waals surface area (Å²) in [6.07, 6.45) is 3.74. The summed E-state index contributed by atoms with van der Waals surface area (Å²) in [7, 11) is 0. The van der Waals surface area contributed by atoms with Crippen molar-refractivity contribution in [2.75, 3.05) is 11.1 Å². The lowest BCUT2D eigenvalue weighted by atomic mass is 10.4. The molecule has 152 valence electrons. The van der Waals surface area contributed by atoms with E-state index < -0.39 is 0 Å². The van der Waals surface area contributed by atoms with Crippen LogP contribution in [0, 0.1) is 0 Å². The Balaban J connectivity index is 1.30. The molecule has 0 saturated heterocycles. The van der Waals surface area contributed by atoms with Crippen LogP contribution in [-0.2, 0) is 17.9 Å². The predicted octanol–water partition coefficient (Wildman–Crippen LogP) is 2.28. The SMILES string of the molecule is CCn1c(CNC(=O)c2ccco2)nnc1SCC(=O)Nc1nnc(C2CC2)s1. The highest BCUT2D eigenvalue weighted by Gasteiger charge is 2.27. The second-order valence-electron chi connectivity index (χ2n) is 6.36. The molecule has 1 aliphatic carbocycles. The van der Waals surface area contributed by atoms with E-state index >= 15 is 0 Å². The van der Waals surface area contributed by atoms with Crippen LogP contribution in [0.2, 0.25) is 0 Å². The van der Waals surface area contributed by atoms with Gasteiger partial charge in [0.25, 0.3) is 5.91 Å². The molecule has 12 heteroatoms. The molecule has 29 heavy (non-hydrogen) atoms. The zero-order valence-corrected chi connectivity index (χ0v) is 17.3. The van der Waals surface area contributed by atoms with Crippen LogP contribution in [0.25, 0.3) is 0 Å². The van der Waals surface area contributed by atoms with Crippen molar-refractivity contribution in [2.24, 2.45) is 0 Å². The zero-order chi connectivity index (χ0) is 20.2. The second kappa shape index (κ2) is 8.74. The molecule has 0 atom stereocenters. The highest BCUT2D eigenvalue weighted by molar-refractivity contribution is 7.99. The average Bonchev–Trinajstić information content (AvgIpc) is 3.13. The van der Waals surface area contributed by atoms with Crippen molar-refractivity contribution in [3.63, 3.8) is 0 Å². The third kappa shape index (κ3) is 4.82. The summed E-state index contributed by atoms with van der Waals surface area (Å²) in [4.78, 5) is 24.2. The third-order valence-corrected chi connectivity index (χ3v) is 6.18. The topological polar surface area (TPSA) is 128 Å². The predicted molar refractivity (Wildman–Crippen MR) is 107 cm³/mol. The van der Waals surface area contributed by atoms with Crippen LogP contribution < -0.4 is 10.6 Å². The van der Waals surface area contributed by atoms with Gasteiger partial charge in [0.1, 0.15) is 5.01 Å². The van der Waals surface area contributed by atoms with Gasteiger partial charge >= 0.3 is 0 Å². The monoisotopic (exact) mass is 433 g/mol. The molecule has 3 aromatic heterocycles. The largest absolute Gasteiger partial charge is 0.459 e. The fourth-order valence-electron chi connectivity index (χ4n) is 2.59. The maximum absolute atomic E-state index is 12.2. The summed E-state index contributed by atoms with van der Waals surface area (Å²) in [5.41, 5.74) is 0. The molecule has 0 unspecified atom stereocenters. The van der Waals surface area contributed by atoms with Crippen LogP contribution in [0.3, 0.4) is 0 Å². The molecule has 0 radical (unpaired) electrons. The molecule has 1 saturated carbocycles. The van der Waals surface area contributed by atoms with Gasteiger partial charge in [-0.1, -0.05) is 23.1 Å². The van der Waals surface area contributed by atoms with Crippen molar-refractivity contribution < 1.29 is 14.0 Å². The number of thioether (sulfide) groups is 1. The summed E-state index contributed by atoms with van der Waals surface area (Å²) < 4.78 is 6.92. The lowest BCUT2D eigenvalue weighted by Gasteiger charge is -2.07. The van der Waals surface area contributed by atoms with Gasteiger partial charge in [-0.2, -0.15) is 0 Å². The summed E-state index contributed by atoms with van der Waals surface area (Å²) in [6, 6.07) is 3.24. The number of nitrogens with zero attached hydrogens (tertiary/aromatic N) is 5. The standard InChI is InChI=1S/C17H19N7O3S2/c1-2-24-12(8-18-14(26)11-4-3-7-27-11)20-23-17(24)28-9-13(25)19-16-22-21-15(29-16)10-5-6-10/h3-4,7,10H,2,5-6,8-9H2,1H3,(H,18,26)(H,19,22,25). The van der Waals surface area contributed by atoms with E-state index in [4.69, 9.17) is 4.42 Å². The smallest absolute Gasteiger partial charge is 0.287 e. The van der Waals surface area contributed by atoms with Crippen molar-refractivity contribution in [2.45, 2.75) is 43.9 Å². The minimum absolute atomic E-state index is 0.174. The molecule has 2 amide bonds. The highest BCUT2D eigenvalue weighted by atomic mass is 32.2. The number of carbonyl (C=O) groups excluding carboxylic acids is 2. The fourth-order valence-corrected chi connectivity index (χ4v) is 4.34. The fraction of sp³-hybridized carbons (Fsp3) is 0.412. The number of furan rings is 1. The summed E-state index contributed by atoms with van der Waals surface area (Å²) >= 11 is 2.71. The van der Waals surface area contributed by atoms with Gasteiger partial charge in [0.15, 0.2) is 16.7 Å². The van der Waals surface area contributed by atoms with Gasteiger partial charge < -0.3 is 14.3 Å². The normalized spacial score (nSPS) is 13.4. The van der Waals surface area contributed by atoms with E-state index in [9.17, 15) is 9.59 Å². The van der Waals surface area contributed by atoms with Crippen molar-refractivity contribution in [1.29, 1.82) is 0 Å². The average molecular weight is 434 g/mol. The maximum Gasteiger partial charge on any atom is 0.287 e. The number of aromatic nitrogens is 5. The number of hydrogen-bond acceptors (Lipinski definition) is 9.